The van der Waals surface area contributed by atoms with Crippen molar-refractivity contribution in [1.82, 2.24) is 0 Å². The number of hydrogen-bond donors (Lipinski definition) is 0. The van der Waals surface area contributed by atoms with Gasteiger partial charge in [-0.1, -0.05) is 205 Å². The lowest BCUT2D eigenvalue weighted by atomic mass is 9.72. The van der Waals surface area contributed by atoms with Crippen molar-refractivity contribution in [2.24, 2.45) is 35.5 Å². The molecule has 318 valence electrons. The number of hydrogen-bond acceptors (Lipinski definition) is 0. The van der Waals surface area contributed by atoms with E-state index < -0.39 is 0 Å². The molecule has 0 unspecified atom stereocenters. The van der Waals surface area contributed by atoms with Gasteiger partial charge in [0, 0.05) is 0 Å². The Balaban J connectivity index is 0.000000181. The average Bonchev–Trinajstić information content (AvgIpc) is 3.29. The molecule has 0 N–H and O–H groups in total. The minimum atomic E-state index is 0.901. The van der Waals surface area contributed by atoms with Crippen LogP contribution in [0.15, 0.2) is 121 Å². The van der Waals surface area contributed by atoms with Gasteiger partial charge in [-0.25, -0.2) is 0 Å². The zero-order chi connectivity index (χ0) is 41.5. The van der Waals surface area contributed by atoms with Gasteiger partial charge in [-0.15, -0.1) is 0 Å². The predicted molar refractivity (Wildman–Crippen MR) is 259 cm³/mol. The standard InChI is InChI=1S/C30H42.C30H36/c2*1-3-24-8-10-26(11-9-24)21-28-16-18-30(19-17-28)22-29-14-12-27(13-15-29)20-25-6-4-23(2)5-7-25/h4-7,12-15,24,26,28,30H,3,8-11,16-22H2,1-2H3;8-19,23,25H,3-7,20-22H2,1-2H3. The molecule has 0 nitrogen and oxygen atoms in total. The van der Waals surface area contributed by atoms with Crippen LogP contribution in [0.2, 0.25) is 0 Å². The average molecular weight is 799 g/mol. The Kier molecular flexibility index (Phi) is 16.8. The van der Waals surface area contributed by atoms with E-state index in [4.69, 9.17) is 0 Å². The Labute approximate surface area is 367 Å². The van der Waals surface area contributed by atoms with Crippen molar-refractivity contribution in [3.8, 4) is 0 Å². The van der Waals surface area contributed by atoms with Crippen LogP contribution in [0.25, 0.3) is 0 Å². The van der Waals surface area contributed by atoms with E-state index in [1.807, 2.05) is 0 Å². The molecule has 0 heterocycles. The van der Waals surface area contributed by atoms with Gasteiger partial charge in [0.1, 0.15) is 0 Å². The molecule has 0 atom stereocenters. The third-order valence-electron chi connectivity index (χ3n) is 15.2. The third kappa shape index (κ3) is 14.1. The summed E-state index contributed by atoms with van der Waals surface area (Å²) in [6, 6.07) is 46.1. The molecule has 3 saturated carbocycles. The highest BCUT2D eigenvalue weighted by Gasteiger charge is 2.27. The SMILES string of the molecule is CCC1CCC(CC2CCC(Cc3ccc(Cc4ccc(C)cc4)cc3)CC2)CC1.CCc1ccc(Cc2ccc(Cc3ccc(CC4CCC(C)CC4)cc3)cc2)cc1. The van der Waals surface area contributed by atoms with Crippen LogP contribution in [0, 0.1) is 42.4 Å². The van der Waals surface area contributed by atoms with Crippen molar-refractivity contribution in [2.75, 3.05) is 0 Å². The van der Waals surface area contributed by atoms with E-state index in [0.717, 1.165) is 61.2 Å². The van der Waals surface area contributed by atoms with Gasteiger partial charge in [-0.3, -0.25) is 0 Å². The summed E-state index contributed by atoms with van der Waals surface area (Å²) < 4.78 is 0. The van der Waals surface area contributed by atoms with Gasteiger partial charge in [-0.2, -0.15) is 0 Å². The maximum Gasteiger partial charge on any atom is -0.00258 e. The number of aryl methyl sites for hydroxylation is 2. The molecule has 5 aromatic rings. The maximum absolute atomic E-state index is 2.40. The first-order valence-electron chi connectivity index (χ1n) is 24.7. The molecule has 0 heteroatoms. The topological polar surface area (TPSA) is 0 Å². The molecule has 0 amide bonds. The number of rotatable bonds is 14. The Bertz CT molecular complexity index is 1920. The fourth-order valence-corrected chi connectivity index (χ4v) is 10.9. The maximum atomic E-state index is 2.40. The lowest BCUT2D eigenvalue weighted by molar-refractivity contribution is 0.189. The molecule has 8 rings (SSSR count). The Morgan fingerprint density at radius 1 is 0.333 bits per heavy atom. The molecule has 0 saturated heterocycles. The molecule has 5 aromatic carbocycles. The first kappa shape index (κ1) is 44.2. The van der Waals surface area contributed by atoms with Crippen LogP contribution in [0.4, 0.5) is 0 Å². The Morgan fingerprint density at radius 2 is 0.617 bits per heavy atom. The summed E-state index contributed by atoms with van der Waals surface area (Å²) >= 11 is 0. The normalized spacial score (nSPS) is 23.1. The first-order chi connectivity index (χ1) is 29.3. The fraction of sp³-hybridized carbons (Fsp3) is 0.500. The lowest BCUT2D eigenvalue weighted by Crippen LogP contribution is -2.21. The summed E-state index contributed by atoms with van der Waals surface area (Å²) in [5, 5.41) is 0. The molecule has 3 fully saturated rings. The predicted octanol–water partition coefficient (Wildman–Crippen LogP) is 16.3. The molecule has 0 bridgehead atoms. The Hall–Kier alpha value is -3.90. The van der Waals surface area contributed by atoms with Crippen LogP contribution in [0.1, 0.15) is 166 Å². The zero-order valence-corrected chi connectivity index (χ0v) is 38.2. The lowest BCUT2D eigenvalue weighted by Gasteiger charge is -2.34. The van der Waals surface area contributed by atoms with Gasteiger partial charge >= 0.3 is 0 Å². The van der Waals surface area contributed by atoms with E-state index >= 15 is 0 Å². The van der Waals surface area contributed by atoms with Crippen LogP contribution in [0.3, 0.4) is 0 Å². The summed E-state index contributed by atoms with van der Waals surface area (Å²) in [6.07, 6.45) is 27.3. The van der Waals surface area contributed by atoms with Gasteiger partial charge < -0.3 is 0 Å². The van der Waals surface area contributed by atoms with Crippen molar-refractivity contribution in [2.45, 2.75) is 156 Å². The van der Waals surface area contributed by atoms with Crippen molar-refractivity contribution in [3.05, 3.63) is 177 Å². The summed E-state index contributed by atoms with van der Waals surface area (Å²) in [5.41, 5.74) is 14.3. The summed E-state index contributed by atoms with van der Waals surface area (Å²) in [4.78, 5) is 0. The number of benzene rings is 5. The zero-order valence-electron chi connectivity index (χ0n) is 38.2. The highest BCUT2D eigenvalue weighted by atomic mass is 14.3. The summed E-state index contributed by atoms with van der Waals surface area (Å²) in [5.74, 6) is 5.88. The van der Waals surface area contributed by atoms with E-state index in [-0.39, 0.29) is 0 Å². The molecule has 0 radical (unpaired) electrons. The smallest absolute Gasteiger partial charge is 0.00258 e. The fourth-order valence-electron chi connectivity index (χ4n) is 10.9. The van der Waals surface area contributed by atoms with Crippen molar-refractivity contribution >= 4 is 0 Å². The highest BCUT2D eigenvalue weighted by Crippen LogP contribution is 2.40. The minimum Gasteiger partial charge on any atom is -0.0651 e. The molecular weight excluding hydrogens is 721 g/mol. The van der Waals surface area contributed by atoms with Gasteiger partial charge in [0.15, 0.2) is 0 Å². The summed E-state index contributed by atoms with van der Waals surface area (Å²) in [6.45, 7) is 9.15. The van der Waals surface area contributed by atoms with Crippen molar-refractivity contribution in [1.29, 1.82) is 0 Å². The van der Waals surface area contributed by atoms with E-state index in [1.54, 1.807) is 5.56 Å². The highest BCUT2D eigenvalue weighted by molar-refractivity contribution is 5.34. The molecular formula is C60H78. The van der Waals surface area contributed by atoms with Gasteiger partial charge in [0.25, 0.3) is 0 Å². The van der Waals surface area contributed by atoms with Crippen LogP contribution in [-0.4, -0.2) is 0 Å². The van der Waals surface area contributed by atoms with Gasteiger partial charge in [0.05, 0.1) is 0 Å². The Morgan fingerprint density at radius 3 is 0.967 bits per heavy atom. The van der Waals surface area contributed by atoms with E-state index in [2.05, 4.69) is 149 Å². The van der Waals surface area contributed by atoms with E-state index in [9.17, 15) is 0 Å². The monoisotopic (exact) mass is 799 g/mol. The molecule has 0 aliphatic heterocycles. The van der Waals surface area contributed by atoms with Crippen molar-refractivity contribution < 1.29 is 0 Å². The molecule has 0 spiro atoms. The minimum absolute atomic E-state index is 0.901. The van der Waals surface area contributed by atoms with Crippen LogP contribution in [-0.2, 0) is 38.5 Å². The first-order valence-corrected chi connectivity index (χ1v) is 24.7. The molecule has 0 aromatic heterocycles. The molecule has 60 heavy (non-hydrogen) atoms. The van der Waals surface area contributed by atoms with Crippen LogP contribution in [0.5, 0.6) is 0 Å². The van der Waals surface area contributed by atoms with E-state index in [0.29, 0.717) is 0 Å². The van der Waals surface area contributed by atoms with Gasteiger partial charge in [-0.05, 0) is 163 Å². The second kappa shape index (κ2) is 22.8. The molecule has 3 aliphatic carbocycles. The largest absolute Gasteiger partial charge is 0.0651 e. The second-order valence-electron chi connectivity index (χ2n) is 20.1. The van der Waals surface area contributed by atoms with Crippen molar-refractivity contribution in [3.63, 3.8) is 0 Å². The second-order valence-corrected chi connectivity index (χ2v) is 20.1. The van der Waals surface area contributed by atoms with Crippen LogP contribution < -0.4 is 0 Å². The molecule has 3 aliphatic rings. The quantitative estimate of drug-likeness (QED) is 0.105. The van der Waals surface area contributed by atoms with Gasteiger partial charge in [0.2, 0.25) is 0 Å². The van der Waals surface area contributed by atoms with E-state index in [1.165, 1.54) is 153 Å². The third-order valence-corrected chi connectivity index (χ3v) is 15.2. The summed E-state index contributed by atoms with van der Waals surface area (Å²) in [7, 11) is 0. The van der Waals surface area contributed by atoms with Crippen LogP contribution >= 0.6 is 0 Å².